The topological polar surface area (TPSA) is 58.4 Å². The molecule has 1 saturated heterocycles. The van der Waals surface area contributed by atoms with Crippen LogP contribution < -0.4 is 16.0 Å². The van der Waals surface area contributed by atoms with Gasteiger partial charge in [-0.25, -0.2) is 0 Å². The SMILES string of the molecule is NCc1ccc(C(=O)Nc2ccccc2N2CCCCCC2)cc1. The summed E-state index contributed by atoms with van der Waals surface area (Å²) in [6.07, 6.45) is 5.00. The van der Waals surface area contributed by atoms with E-state index in [1.165, 1.54) is 25.7 Å². The molecule has 2 aromatic rings. The van der Waals surface area contributed by atoms with E-state index < -0.39 is 0 Å². The van der Waals surface area contributed by atoms with E-state index in [1.807, 2.05) is 42.5 Å². The molecule has 1 amide bonds. The molecule has 3 rings (SSSR count). The first-order chi connectivity index (χ1) is 11.8. The van der Waals surface area contributed by atoms with E-state index in [0.29, 0.717) is 12.1 Å². The van der Waals surface area contributed by atoms with Gasteiger partial charge in [0.1, 0.15) is 0 Å². The number of carbonyl (C=O) groups excluding carboxylic acids is 1. The van der Waals surface area contributed by atoms with Crippen molar-refractivity contribution in [1.82, 2.24) is 0 Å². The molecule has 0 bridgehead atoms. The maximum Gasteiger partial charge on any atom is 0.255 e. The van der Waals surface area contributed by atoms with Crippen LogP contribution in [0.1, 0.15) is 41.6 Å². The van der Waals surface area contributed by atoms with Crippen LogP contribution in [0.3, 0.4) is 0 Å². The van der Waals surface area contributed by atoms with Gasteiger partial charge in [-0.15, -0.1) is 0 Å². The van der Waals surface area contributed by atoms with Gasteiger partial charge in [-0.1, -0.05) is 37.1 Å². The van der Waals surface area contributed by atoms with Crippen molar-refractivity contribution in [3.05, 3.63) is 59.7 Å². The highest BCUT2D eigenvalue weighted by Crippen LogP contribution is 2.28. The van der Waals surface area contributed by atoms with Crippen LogP contribution in [-0.2, 0) is 6.54 Å². The Morgan fingerprint density at radius 2 is 1.62 bits per heavy atom. The van der Waals surface area contributed by atoms with Crippen molar-refractivity contribution in [3.8, 4) is 0 Å². The number of rotatable bonds is 4. The summed E-state index contributed by atoms with van der Waals surface area (Å²) in [4.78, 5) is 14.9. The fourth-order valence-corrected chi connectivity index (χ4v) is 3.15. The second-order valence-corrected chi connectivity index (χ2v) is 6.27. The Labute approximate surface area is 143 Å². The molecule has 126 valence electrons. The maximum absolute atomic E-state index is 12.6. The molecule has 4 nitrogen and oxygen atoms in total. The molecular weight excluding hydrogens is 298 g/mol. The van der Waals surface area contributed by atoms with E-state index in [2.05, 4.69) is 16.3 Å². The Morgan fingerprint density at radius 3 is 2.29 bits per heavy atom. The number of nitrogens with two attached hydrogens (primary N) is 1. The molecule has 0 spiro atoms. The van der Waals surface area contributed by atoms with Crippen molar-refractivity contribution in [2.45, 2.75) is 32.2 Å². The van der Waals surface area contributed by atoms with Crippen LogP contribution in [0.25, 0.3) is 0 Å². The molecule has 1 fully saturated rings. The van der Waals surface area contributed by atoms with Crippen LogP contribution >= 0.6 is 0 Å². The Kier molecular flexibility index (Phi) is 5.49. The predicted octanol–water partition coefficient (Wildman–Crippen LogP) is 3.78. The number of hydrogen-bond acceptors (Lipinski definition) is 3. The third-order valence-corrected chi connectivity index (χ3v) is 4.55. The normalized spacial score (nSPS) is 15.0. The van der Waals surface area contributed by atoms with Crippen LogP contribution in [0.4, 0.5) is 11.4 Å². The number of amides is 1. The summed E-state index contributed by atoms with van der Waals surface area (Å²) >= 11 is 0. The molecule has 0 atom stereocenters. The maximum atomic E-state index is 12.6. The Balaban J connectivity index is 1.77. The molecule has 1 aliphatic heterocycles. The minimum Gasteiger partial charge on any atom is -0.370 e. The lowest BCUT2D eigenvalue weighted by Gasteiger charge is -2.25. The molecule has 0 radical (unpaired) electrons. The molecule has 0 saturated carbocycles. The van der Waals surface area contributed by atoms with E-state index in [0.717, 1.165) is 30.0 Å². The van der Waals surface area contributed by atoms with E-state index in [9.17, 15) is 4.79 Å². The first-order valence-corrected chi connectivity index (χ1v) is 8.72. The van der Waals surface area contributed by atoms with E-state index >= 15 is 0 Å². The third kappa shape index (κ3) is 3.95. The molecule has 0 unspecified atom stereocenters. The van der Waals surface area contributed by atoms with Gasteiger partial charge in [-0.3, -0.25) is 4.79 Å². The van der Waals surface area contributed by atoms with Crippen molar-refractivity contribution in [2.75, 3.05) is 23.3 Å². The van der Waals surface area contributed by atoms with E-state index in [1.54, 1.807) is 0 Å². The zero-order valence-electron chi connectivity index (χ0n) is 14.0. The smallest absolute Gasteiger partial charge is 0.255 e. The minimum atomic E-state index is -0.0826. The van der Waals surface area contributed by atoms with Gasteiger partial charge in [-0.05, 0) is 42.7 Å². The van der Waals surface area contributed by atoms with Crippen molar-refractivity contribution < 1.29 is 4.79 Å². The lowest BCUT2D eigenvalue weighted by Crippen LogP contribution is -2.25. The number of benzene rings is 2. The second-order valence-electron chi connectivity index (χ2n) is 6.27. The van der Waals surface area contributed by atoms with E-state index in [4.69, 9.17) is 5.73 Å². The van der Waals surface area contributed by atoms with Gasteiger partial charge in [0.15, 0.2) is 0 Å². The quantitative estimate of drug-likeness (QED) is 0.900. The minimum absolute atomic E-state index is 0.0826. The standard InChI is InChI=1S/C20H25N3O/c21-15-16-9-11-17(12-10-16)20(24)22-18-7-3-4-8-19(18)23-13-5-1-2-6-14-23/h3-4,7-12H,1-2,5-6,13-15,21H2,(H,22,24). The van der Waals surface area contributed by atoms with Crippen molar-refractivity contribution in [3.63, 3.8) is 0 Å². The Morgan fingerprint density at radius 1 is 0.958 bits per heavy atom. The number of para-hydroxylation sites is 2. The van der Waals surface area contributed by atoms with Crippen LogP contribution in [0.5, 0.6) is 0 Å². The lowest BCUT2D eigenvalue weighted by atomic mass is 10.1. The number of nitrogens with one attached hydrogen (secondary N) is 1. The van der Waals surface area contributed by atoms with Gasteiger partial charge < -0.3 is 16.0 Å². The zero-order chi connectivity index (χ0) is 16.8. The third-order valence-electron chi connectivity index (χ3n) is 4.55. The summed E-state index contributed by atoms with van der Waals surface area (Å²) in [6.45, 7) is 2.59. The largest absolute Gasteiger partial charge is 0.370 e. The van der Waals surface area contributed by atoms with Gasteiger partial charge in [0, 0.05) is 25.2 Å². The van der Waals surface area contributed by atoms with Crippen molar-refractivity contribution >= 4 is 17.3 Å². The highest BCUT2D eigenvalue weighted by Gasteiger charge is 2.15. The average molecular weight is 323 g/mol. The predicted molar refractivity (Wildman–Crippen MR) is 99.4 cm³/mol. The highest BCUT2D eigenvalue weighted by atomic mass is 16.1. The second kappa shape index (κ2) is 7.97. The fourth-order valence-electron chi connectivity index (χ4n) is 3.15. The average Bonchev–Trinajstić information content (AvgIpc) is 2.91. The molecule has 0 aliphatic carbocycles. The molecule has 2 aromatic carbocycles. The fraction of sp³-hybridized carbons (Fsp3) is 0.350. The van der Waals surface area contributed by atoms with Crippen molar-refractivity contribution in [2.24, 2.45) is 5.73 Å². The molecule has 3 N–H and O–H groups in total. The van der Waals surface area contributed by atoms with Crippen LogP contribution in [0.15, 0.2) is 48.5 Å². The zero-order valence-corrected chi connectivity index (χ0v) is 14.0. The van der Waals surface area contributed by atoms with Gasteiger partial charge >= 0.3 is 0 Å². The number of anilines is 2. The Bertz CT molecular complexity index is 674. The van der Waals surface area contributed by atoms with Gasteiger partial charge in [0.2, 0.25) is 0 Å². The van der Waals surface area contributed by atoms with Crippen molar-refractivity contribution in [1.29, 1.82) is 0 Å². The Hall–Kier alpha value is -2.33. The monoisotopic (exact) mass is 323 g/mol. The molecular formula is C20H25N3O. The summed E-state index contributed by atoms with van der Waals surface area (Å²) in [6, 6.07) is 15.5. The van der Waals surface area contributed by atoms with Crippen LogP contribution in [0, 0.1) is 0 Å². The molecule has 24 heavy (non-hydrogen) atoms. The molecule has 1 aliphatic rings. The lowest BCUT2D eigenvalue weighted by molar-refractivity contribution is 0.102. The van der Waals surface area contributed by atoms with Crippen LogP contribution in [0.2, 0.25) is 0 Å². The van der Waals surface area contributed by atoms with Crippen LogP contribution in [-0.4, -0.2) is 19.0 Å². The van der Waals surface area contributed by atoms with Gasteiger partial charge in [0.05, 0.1) is 11.4 Å². The summed E-state index contributed by atoms with van der Waals surface area (Å²) < 4.78 is 0. The number of carbonyl (C=O) groups is 1. The van der Waals surface area contributed by atoms with Gasteiger partial charge in [-0.2, -0.15) is 0 Å². The highest BCUT2D eigenvalue weighted by molar-refractivity contribution is 6.06. The summed E-state index contributed by atoms with van der Waals surface area (Å²) in [5.74, 6) is -0.0826. The number of hydrogen-bond donors (Lipinski definition) is 2. The van der Waals surface area contributed by atoms with Gasteiger partial charge in [0.25, 0.3) is 5.91 Å². The van der Waals surface area contributed by atoms with E-state index in [-0.39, 0.29) is 5.91 Å². The molecule has 4 heteroatoms. The summed E-state index contributed by atoms with van der Waals surface area (Å²) in [5, 5.41) is 3.07. The summed E-state index contributed by atoms with van der Waals surface area (Å²) in [7, 11) is 0. The molecule has 1 heterocycles. The first-order valence-electron chi connectivity index (χ1n) is 8.72. The molecule has 0 aromatic heterocycles. The first kappa shape index (κ1) is 16.5. The number of nitrogens with zero attached hydrogens (tertiary/aromatic N) is 1. The summed E-state index contributed by atoms with van der Waals surface area (Å²) in [5.41, 5.74) is 9.28.